The van der Waals surface area contributed by atoms with E-state index in [-0.39, 0.29) is 0 Å². The third-order valence-electron chi connectivity index (χ3n) is 3.03. The lowest BCUT2D eigenvalue weighted by Crippen LogP contribution is -2.20. The van der Waals surface area contributed by atoms with Crippen LogP contribution >= 0.6 is 0 Å². The summed E-state index contributed by atoms with van der Waals surface area (Å²) >= 11 is 0. The SMILES string of the molecule is CCCC(NCC)c1cccc(CC(C)C)c1. The van der Waals surface area contributed by atoms with Gasteiger partial charge in [0.15, 0.2) is 0 Å². The molecular weight excluding hydrogens is 206 g/mol. The molecule has 0 fully saturated rings. The fourth-order valence-electron chi connectivity index (χ4n) is 2.33. The molecular formula is C16H27N. The molecule has 1 unspecified atom stereocenters. The van der Waals surface area contributed by atoms with Crippen molar-refractivity contribution in [2.75, 3.05) is 6.54 Å². The van der Waals surface area contributed by atoms with Crippen LogP contribution in [0.25, 0.3) is 0 Å². The summed E-state index contributed by atoms with van der Waals surface area (Å²) in [4.78, 5) is 0. The van der Waals surface area contributed by atoms with E-state index in [9.17, 15) is 0 Å². The minimum absolute atomic E-state index is 0.525. The van der Waals surface area contributed by atoms with Crippen molar-refractivity contribution >= 4 is 0 Å². The fourth-order valence-corrected chi connectivity index (χ4v) is 2.33. The third-order valence-corrected chi connectivity index (χ3v) is 3.03. The van der Waals surface area contributed by atoms with Crippen molar-refractivity contribution in [3.8, 4) is 0 Å². The van der Waals surface area contributed by atoms with Gasteiger partial charge in [-0.2, -0.15) is 0 Å². The second kappa shape index (κ2) is 7.50. The highest BCUT2D eigenvalue weighted by atomic mass is 14.9. The van der Waals surface area contributed by atoms with Crippen LogP contribution in [0.1, 0.15) is 57.7 Å². The average molecular weight is 233 g/mol. The number of benzene rings is 1. The maximum Gasteiger partial charge on any atom is 0.0320 e. The maximum absolute atomic E-state index is 3.58. The van der Waals surface area contributed by atoms with Gasteiger partial charge in [0, 0.05) is 6.04 Å². The lowest BCUT2D eigenvalue weighted by atomic mass is 9.96. The summed E-state index contributed by atoms with van der Waals surface area (Å²) in [6.07, 6.45) is 3.63. The van der Waals surface area contributed by atoms with Crippen LogP contribution in [0.2, 0.25) is 0 Å². The van der Waals surface area contributed by atoms with Crippen LogP contribution in [0, 0.1) is 5.92 Å². The zero-order valence-electron chi connectivity index (χ0n) is 11.8. The molecule has 0 radical (unpaired) electrons. The van der Waals surface area contributed by atoms with Gasteiger partial charge in [0.05, 0.1) is 0 Å². The Morgan fingerprint density at radius 3 is 2.53 bits per heavy atom. The predicted molar refractivity (Wildman–Crippen MR) is 76.3 cm³/mol. The normalized spacial score (nSPS) is 13.0. The van der Waals surface area contributed by atoms with Crippen LogP contribution in [-0.2, 0) is 6.42 Å². The first-order valence-corrected chi connectivity index (χ1v) is 6.99. The summed E-state index contributed by atoms with van der Waals surface area (Å²) in [6.45, 7) is 10.0. The van der Waals surface area contributed by atoms with Gasteiger partial charge >= 0.3 is 0 Å². The standard InChI is InChI=1S/C16H27N/c1-5-8-16(17-6-2)15-10-7-9-14(12-15)11-13(3)4/h7,9-10,12-13,16-17H,5-6,8,11H2,1-4H3. The van der Waals surface area contributed by atoms with E-state index in [0.717, 1.165) is 12.5 Å². The Morgan fingerprint density at radius 2 is 1.94 bits per heavy atom. The van der Waals surface area contributed by atoms with Crippen LogP contribution in [0.4, 0.5) is 0 Å². The Morgan fingerprint density at radius 1 is 1.18 bits per heavy atom. The Balaban J connectivity index is 2.79. The second-order valence-electron chi connectivity index (χ2n) is 5.24. The molecule has 0 bridgehead atoms. The molecule has 1 aromatic carbocycles. The van der Waals surface area contributed by atoms with E-state index in [0.29, 0.717) is 6.04 Å². The van der Waals surface area contributed by atoms with Gasteiger partial charge in [0.2, 0.25) is 0 Å². The molecule has 0 heterocycles. The molecule has 0 amide bonds. The number of rotatable bonds is 7. The smallest absolute Gasteiger partial charge is 0.0320 e. The lowest BCUT2D eigenvalue weighted by Gasteiger charge is -2.18. The van der Waals surface area contributed by atoms with E-state index >= 15 is 0 Å². The van der Waals surface area contributed by atoms with Crippen LogP contribution in [0.3, 0.4) is 0 Å². The van der Waals surface area contributed by atoms with Gasteiger partial charge in [-0.25, -0.2) is 0 Å². The van der Waals surface area contributed by atoms with Crippen molar-refractivity contribution < 1.29 is 0 Å². The van der Waals surface area contributed by atoms with E-state index < -0.39 is 0 Å². The predicted octanol–water partition coefficient (Wildman–Crippen LogP) is 4.34. The zero-order valence-corrected chi connectivity index (χ0v) is 11.8. The van der Waals surface area contributed by atoms with E-state index in [4.69, 9.17) is 0 Å². The molecule has 0 aromatic heterocycles. The molecule has 1 nitrogen and oxygen atoms in total. The van der Waals surface area contributed by atoms with Crippen LogP contribution in [-0.4, -0.2) is 6.54 Å². The monoisotopic (exact) mass is 233 g/mol. The summed E-state index contributed by atoms with van der Waals surface area (Å²) in [5.74, 6) is 0.731. The van der Waals surface area contributed by atoms with E-state index in [1.54, 1.807) is 0 Å². The topological polar surface area (TPSA) is 12.0 Å². The summed E-state index contributed by atoms with van der Waals surface area (Å²) in [5.41, 5.74) is 2.92. The molecule has 0 aliphatic carbocycles. The first-order valence-electron chi connectivity index (χ1n) is 6.99. The Hall–Kier alpha value is -0.820. The van der Waals surface area contributed by atoms with E-state index in [1.165, 1.54) is 30.4 Å². The maximum atomic E-state index is 3.58. The van der Waals surface area contributed by atoms with Crippen LogP contribution in [0.5, 0.6) is 0 Å². The quantitative estimate of drug-likeness (QED) is 0.739. The van der Waals surface area contributed by atoms with Crippen molar-refractivity contribution in [2.24, 2.45) is 5.92 Å². The fraction of sp³-hybridized carbons (Fsp3) is 0.625. The molecule has 0 spiro atoms. The van der Waals surface area contributed by atoms with Gasteiger partial charge < -0.3 is 5.32 Å². The highest BCUT2D eigenvalue weighted by Crippen LogP contribution is 2.20. The summed E-state index contributed by atoms with van der Waals surface area (Å²) in [6, 6.07) is 9.61. The molecule has 1 heteroatoms. The van der Waals surface area contributed by atoms with Gasteiger partial charge in [-0.1, -0.05) is 58.4 Å². The molecule has 17 heavy (non-hydrogen) atoms. The van der Waals surface area contributed by atoms with E-state index in [2.05, 4.69) is 57.3 Å². The van der Waals surface area contributed by atoms with E-state index in [1.807, 2.05) is 0 Å². The van der Waals surface area contributed by atoms with Gasteiger partial charge in [-0.3, -0.25) is 0 Å². The molecule has 1 aromatic rings. The Kier molecular flexibility index (Phi) is 6.28. The highest BCUT2D eigenvalue weighted by molar-refractivity contribution is 5.26. The summed E-state index contributed by atoms with van der Waals surface area (Å²) < 4.78 is 0. The number of hydrogen-bond donors (Lipinski definition) is 1. The molecule has 1 N–H and O–H groups in total. The largest absolute Gasteiger partial charge is 0.310 e. The molecule has 0 saturated carbocycles. The minimum Gasteiger partial charge on any atom is -0.310 e. The number of nitrogens with one attached hydrogen (secondary N) is 1. The third kappa shape index (κ3) is 4.91. The van der Waals surface area contributed by atoms with Crippen molar-refractivity contribution in [3.63, 3.8) is 0 Å². The minimum atomic E-state index is 0.525. The molecule has 96 valence electrons. The van der Waals surface area contributed by atoms with Crippen LogP contribution < -0.4 is 5.32 Å². The van der Waals surface area contributed by atoms with Crippen molar-refractivity contribution in [3.05, 3.63) is 35.4 Å². The molecule has 0 aliphatic rings. The van der Waals surface area contributed by atoms with Gasteiger partial charge in [0.1, 0.15) is 0 Å². The Bertz CT molecular complexity index is 311. The second-order valence-corrected chi connectivity index (χ2v) is 5.24. The molecule has 1 rings (SSSR count). The highest BCUT2D eigenvalue weighted by Gasteiger charge is 2.09. The first kappa shape index (κ1) is 14.2. The van der Waals surface area contributed by atoms with Gasteiger partial charge in [0.25, 0.3) is 0 Å². The van der Waals surface area contributed by atoms with Crippen molar-refractivity contribution in [2.45, 2.75) is 53.0 Å². The van der Waals surface area contributed by atoms with Gasteiger partial charge in [-0.15, -0.1) is 0 Å². The molecule has 1 atom stereocenters. The molecule has 0 aliphatic heterocycles. The summed E-state index contributed by atoms with van der Waals surface area (Å²) in [5, 5.41) is 3.58. The van der Waals surface area contributed by atoms with Crippen LogP contribution in [0.15, 0.2) is 24.3 Å². The van der Waals surface area contributed by atoms with Gasteiger partial charge in [-0.05, 0) is 36.4 Å². The summed E-state index contributed by atoms with van der Waals surface area (Å²) in [7, 11) is 0. The Labute approximate surface area is 107 Å². The molecule has 0 saturated heterocycles. The first-order chi connectivity index (χ1) is 8.17. The average Bonchev–Trinajstić information content (AvgIpc) is 2.28. The lowest BCUT2D eigenvalue weighted by molar-refractivity contribution is 0.508. The number of hydrogen-bond acceptors (Lipinski definition) is 1. The zero-order chi connectivity index (χ0) is 12.7. The van der Waals surface area contributed by atoms with Crippen molar-refractivity contribution in [1.29, 1.82) is 0 Å². The van der Waals surface area contributed by atoms with Crippen molar-refractivity contribution in [1.82, 2.24) is 5.32 Å².